The van der Waals surface area contributed by atoms with Crippen LogP contribution in [0.5, 0.6) is 0 Å². The maximum absolute atomic E-state index is 11.8. The van der Waals surface area contributed by atoms with E-state index in [2.05, 4.69) is 4.74 Å². The Balaban J connectivity index is 4.18. The van der Waals surface area contributed by atoms with Crippen molar-refractivity contribution in [3.05, 3.63) is 0 Å². The van der Waals surface area contributed by atoms with Crippen molar-refractivity contribution in [1.82, 2.24) is 4.90 Å². The summed E-state index contributed by atoms with van der Waals surface area (Å²) in [6, 6.07) is 0. The minimum Gasteiger partial charge on any atom is -0.481 e. The largest absolute Gasteiger partial charge is 0.481 e. The number of hydrogen-bond donors (Lipinski definition) is 1. The molecule has 0 fully saturated rings. The molecule has 1 amide bonds. The number of rotatable bonds is 7. The highest BCUT2D eigenvalue weighted by atomic mass is 16.5. The summed E-state index contributed by atoms with van der Waals surface area (Å²) in [7, 11) is 2.89. The van der Waals surface area contributed by atoms with Gasteiger partial charge in [-0.15, -0.1) is 0 Å². The van der Waals surface area contributed by atoms with Crippen LogP contribution in [0.2, 0.25) is 0 Å². The Hall–Kier alpha value is -1.59. The predicted octanol–water partition coefficient (Wildman–Crippen LogP) is 0.755. The molecule has 6 nitrogen and oxygen atoms in total. The average molecular weight is 259 g/mol. The Morgan fingerprint density at radius 3 is 2.22 bits per heavy atom. The highest BCUT2D eigenvalue weighted by Crippen LogP contribution is 2.10. The molecule has 0 aliphatic carbocycles. The minimum absolute atomic E-state index is 0.0356. The molecule has 0 rings (SSSR count). The van der Waals surface area contributed by atoms with Crippen molar-refractivity contribution in [3.63, 3.8) is 0 Å². The van der Waals surface area contributed by atoms with Crippen molar-refractivity contribution in [1.29, 1.82) is 0 Å². The predicted molar refractivity (Wildman–Crippen MR) is 64.9 cm³/mol. The molecule has 0 aliphatic rings. The number of carboxylic acid groups (broad SMARTS) is 1. The lowest BCUT2D eigenvalue weighted by Gasteiger charge is -2.21. The van der Waals surface area contributed by atoms with Gasteiger partial charge in [-0.2, -0.15) is 0 Å². The number of esters is 1. The Labute approximate surface area is 107 Å². The van der Waals surface area contributed by atoms with Gasteiger partial charge >= 0.3 is 11.9 Å². The molecule has 0 radical (unpaired) electrons. The van der Waals surface area contributed by atoms with E-state index in [0.717, 1.165) is 0 Å². The second kappa shape index (κ2) is 7.68. The van der Waals surface area contributed by atoms with Crippen LogP contribution >= 0.6 is 0 Å². The van der Waals surface area contributed by atoms with Crippen LogP contribution < -0.4 is 0 Å². The fourth-order valence-corrected chi connectivity index (χ4v) is 1.61. The average Bonchev–Trinajstić information content (AvgIpc) is 2.26. The third-order valence-corrected chi connectivity index (χ3v) is 2.62. The van der Waals surface area contributed by atoms with Crippen LogP contribution in [0.3, 0.4) is 0 Å². The SMILES string of the molecule is COC(=O)C(C)CN(C)C(=O)CC(C)CC(=O)O. The molecule has 104 valence electrons. The zero-order chi connectivity index (χ0) is 14.3. The molecule has 0 saturated carbocycles. The van der Waals surface area contributed by atoms with E-state index in [0.29, 0.717) is 0 Å². The van der Waals surface area contributed by atoms with E-state index in [-0.39, 0.29) is 37.2 Å². The Morgan fingerprint density at radius 1 is 1.22 bits per heavy atom. The van der Waals surface area contributed by atoms with E-state index in [1.807, 2.05) is 0 Å². The van der Waals surface area contributed by atoms with Gasteiger partial charge < -0.3 is 14.7 Å². The lowest BCUT2D eigenvalue weighted by atomic mass is 10.0. The first kappa shape index (κ1) is 16.4. The first-order chi connectivity index (χ1) is 8.27. The molecule has 0 aromatic rings. The second-order valence-corrected chi connectivity index (χ2v) is 4.61. The van der Waals surface area contributed by atoms with Crippen LogP contribution in [-0.4, -0.2) is 48.6 Å². The quantitative estimate of drug-likeness (QED) is 0.682. The summed E-state index contributed by atoms with van der Waals surface area (Å²) >= 11 is 0. The molecular weight excluding hydrogens is 238 g/mol. The van der Waals surface area contributed by atoms with Gasteiger partial charge in [0.2, 0.25) is 5.91 Å². The molecule has 6 heteroatoms. The topological polar surface area (TPSA) is 83.9 Å². The number of methoxy groups -OCH3 is 1. The van der Waals surface area contributed by atoms with Gasteiger partial charge in [0.25, 0.3) is 0 Å². The van der Waals surface area contributed by atoms with Crippen molar-refractivity contribution < 1.29 is 24.2 Å². The Kier molecular flexibility index (Phi) is 7.00. The van der Waals surface area contributed by atoms with Crippen molar-refractivity contribution in [2.45, 2.75) is 26.7 Å². The van der Waals surface area contributed by atoms with Crippen LogP contribution in [-0.2, 0) is 19.1 Å². The van der Waals surface area contributed by atoms with Crippen LogP contribution in [0.25, 0.3) is 0 Å². The maximum atomic E-state index is 11.8. The molecule has 18 heavy (non-hydrogen) atoms. The summed E-state index contributed by atoms with van der Waals surface area (Å²) < 4.78 is 4.57. The fraction of sp³-hybridized carbons (Fsp3) is 0.750. The molecule has 0 aromatic heterocycles. The van der Waals surface area contributed by atoms with Crippen LogP contribution in [0, 0.1) is 11.8 Å². The van der Waals surface area contributed by atoms with Gasteiger partial charge in [-0.05, 0) is 5.92 Å². The molecule has 0 saturated heterocycles. The number of aliphatic carboxylic acids is 1. The van der Waals surface area contributed by atoms with Gasteiger partial charge in [0.1, 0.15) is 0 Å². The molecule has 1 N–H and O–H groups in total. The van der Waals surface area contributed by atoms with Gasteiger partial charge in [-0.1, -0.05) is 13.8 Å². The van der Waals surface area contributed by atoms with Crippen molar-refractivity contribution >= 4 is 17.8 Å². The number of nitrogens with zero attached hydrogens (tertiary/aromatic N) is 1. The normalized spacial score (nSPS) is 13.6. The first-order valence-electron chi connectivity index (χ1n) is 5.81. The number of amides is 1. The van der Waals surface area contributed by atoms with Gasteiger partial charge in [0.15, 0.2) is 0 Å². The zero-order valence-corrected chi connectivity index (χ0v) is 11.3. The van der Waals surface area contributed by atoms with E-state index >= 15 is 0 Å². The van der Waals surface area contributed by atoms with Gasteiger partial charge in [0, 0.05) is 26.4 Å². The van der Waals surface area contributed by atoms with E-state index in [4.69, 9.17) is 5.11 Å². The second-order valence-electron chi connectivity index (χ2n) is 4.61. The van der Waals surface area contributed by atoms with E-state index in [9.17, 15) is 14.4 Å². The maximum Gasteiger partial charge on any atom is 0.310 e. The summed E-state index contributed by atoms with van der Waals surface area (Å²) in [4.78, 5) is 34.9. The smallest absolute Gasteiger partial charge is 0.310 e. The molecule has 0 spiro atoms. The highest BCUT2D eigenvalue weighted by Gasteiger charge is 2.20. The van der Waals surface area contributed by atoms with Crippen LogP contribution in [0.15, 0.2) is 0 Å². The van der Waals surface area contributed by atoms with Crippen molar-refractivity contribution in [3.8, 4) is 0 Å². The summed E-state index contributed by atoms with van der Waals surface area (Å²) in [5.74, 6) is -2.06. The molecule has 0 aromatic carbocycles. The number of carbonyl (C=O) groups excluding carboxylic acids is 2. The molecule has 2 atom stereocenters. The van der Waals surface area contributed by atoms with Gasteiger partial charge in [-0.3, -0.25) is 14.4 Å². The third-order valence-electron chi connectivity index (χ3n) is 2.62. The Morgan fingerprint density at radius 2 is 1.78 bits per heavy atom. The van der Waals surface area contributed by atoms with Gasteiger partial charge in [-0.25, -0.2) is 0 Å². The summed E-state index contributed by atoms with van der Waals surface area (Å²) in [6.45, 7) is 3.66. The number of hydrogen-bond acceptors (Lipinski definition) is 4. The van der Waals surface area contributed by atoms with E-state index in [1.165, 1.54) is 12.0 Å². The fourth-order valence-electron chi connectivity index (χ4n) is 1.61. The minimum atomic E-state index is -0.916. The van der Waals surface area contributed by atoms with Crippen molar-refractivity contribution in [2.75, 3.05) is 20.7 Å². The highest BCUT2D eigenvalue weighted by molar-refractivity contribution is 5.78. The summed E-state index contributed by atoms with van der Waals surface area (Å²) in [5.41, 5.74) is 0. The summed E-state index contributed by atoms with van der Waals surface area (Å²) in [5, 5.41) is 8.60. The number of carboxylic acids is 1. The monoisotopic (exact) mass is 259 g/mol. The standard InChI is InChI=1S/C12H21NO5/c1-8(6-11(15)16)5-10(14)13(3)7-9(2)12(17)18-4/h8-9H,5-7H2,1-4H3,(H,15,16). The number of carbonyl (C=O) groups is 3. The first-order valence-corrected chi connectivity index (χ1v) is 5.81. The molecule has 0 heterocycles. The number of ether oxygens (including phenoxy) is 1. The summed E-state index contributed by atoms with van der Waals surface area (Å²) in [6.07, 6.45) is 0.128. The molecule has 0 aliphatic heterocycles. The molecule has 0 bridgehead atoms. The molecule has 2 unspecified atom stereocenters. The Bertz CT molecular complexity index is 316. The molecular formula is C12H21NO5. The zero-order valence-electron chi connectivity index (χ0n) is 11.3. The van der Waals surface area contributed by atoms with E-state index in [1.54, 1.807) is 20.9 Å². The van der Waals surface area contributed by atoms with Crippen molar-refractivity contribution in [2.24, 2.45) is 11.8 Å². The van der Waals surface area contributed by atoms with Gasteiger partial charge in [0.05, 0.1) is 13.0 Å². The third kappa shape index (κ3) is 6.22. The van der Waals surface area contributed by atoms with Crippen LogP contribution in [0.4, 0.5) is 0 Å². The van der Waals surface area contributed by atoms with E-state index < -0.39 is 11.9 Å². The van der Waals surface area contributed by atoms with Crippen LogP contribution in [0.1, 0.15) is 26.7 Å². The lowest BCUT2D eigenvalue weighted by Crippen LogP contribution is -2.35. The lowest BCUT2D eigenvalue weighted by molar-refractivity contribution is -0.146.